The van der Waals surface area contributed by atoms with Gasteiger partial charge in [-0.25, -0.2) is 4.79 Å². The normalized spacial score (nSPS) is 13.6. The Hall–Kier alpha value is -1.61. The molecule has 90 valence electrons. The van der Waals surface area contributed by atoms with Crippen LogP contribution < -0.4 is 0 Å². The fraction of sp³-hybridized carbons (Fsp3) is 0.273. The standard InChI is InChI=1S/C11H10ClNO4/c1-17-11(16)10(15)9(14)6-2-3-8(12)7(4-6)5-13/h2-4,9-10,14-15H,1H3. The number of benzene rings is 1. The molecule has 0 aliphatic heterocycles. The number of hydrogen-bond donors (Lipinski definition) is 2. The van der Waals surface area contributed by atoms with Gasteiger partial charge in [0, 0.05) is 0 Å². The van der Waals surface area contributed by atoms with Crippen LogP contribution in [0.4, 0.5) is 0 Å². The van der Waals surface area contributed by atoms with Gasteiger partial charge < -0.3 is 14.9 Å². The molecule has 0 amide bonds. The highest BCUT2D eigenvalue weighted by Gasteiger charge is 2.26. The highest BCUT2D eigenvalue weighted by Crippen LogP contribution is 2.23. The van der Waals surface area contributed by atoms with Gasteiger partial charge in [-0.2, -0.15) is 5.26 Å². The predicted octanol–water partition coefficient (Wildman–Crippen LogP) is 0.779. The zero-order valence-corrected chi connectivity index (χ0v) is 9.68. The van der Waals surface area contributed by atoms with Crippen LogP contribution in [0, 0.1) is 11.3 Å². The minimum atomic E-state index is -1.70. The number of aliphatic hydroxyl groups excluding tert-OH is 2. The second-order valence-electron chi connectivity index (χ2n) is 3.26. The van der Waals surface area contributed by atoms with Crippen LogP contribution in [0.5, 0.6) is 0 Å². The highest BCUT2D eigenvalue weighted by molar-refractivity contribution is 6.31. The van der Waals surface area contributed by atoms with E-state index >= 15 is 0 Å². The number of halogens is 1. The van der Waals surface area contributed by atoms with Gasteiger partial charge in [0.05, 0.1) is 17.7 Å². The van der Waals surface area contributed by atoms with Crippen LogP contribution in [-0.4, -0.2) is 29.4 Å². The first kappa shape index (κ1) is 13.5. The third-order valence-electron chi connectivity index (χ3n) is 2.19. The van der Waals surface area contributed by atoms with Crippen LogP contribution in [0.3, 0.4) is 0 Å². The number of carbonyl (C=O) groups excluding carboxylic acids is 1. The van der Waals surface area contributed by atoms with Crippen molar-refractivity contribution in [3.05, 3.63) is 34.3 Å². The Balaban J connectivity index is 3.01. The van der Waals surface area contributed by atoms with E-state index in [1.165, 1.54) is 18.2 Å². The average molecular weight is 256 g/mol. The summed E-state index contributed by atoms with van der Waals surface area (Å²) in [5.74, 6) is -0.953. The maximum absolute atomic E-state index is 11.0. The van der Waals surface area contributed by atoms with E-state index < -0.39 is 18.2 Å². The maximum atomic E-state index is 11.0. The van der Waals surface area contributed by atoms with E-state index in [9.17, 15) is 15.0 Å². The molecule has 0 aromatic heterocycles. The summed E-state index contributed by atoms with van der Waals surface area (Å²) >= 11 is 5.71. The Kier molecular flexibility index (Phi) is 4.46. The van der Waals surface area contributed by atoms with E-state index in [4.69, 9.17) is 16.9 Å². The number of methoxy groups -OCH3 is 1. The van der Waals surface area contributed by atoms with E-state index in [1.54, 1.807) is 0 Å². The molecule has 0 bridgehead atoms. The summed E-state index contributed by atoms with van der Waals surface area (Å²) in [4.78, 5) is 11.0. The van der Waals surface area contributed by atoms with Crippen LogP contribution >= 0.6 is 11.6 Å². The summed E-state index contributed by atoms with van der Waals surface area (Å²) in [6, 6.07) is 5.96. The van der Waals surface area contributed by atoms with Crippen LogP contribution in [0.25, 0.3) is 0 Å². The van der Waals surface area contributed by atoms with E-state index in [1.807, 2.05) is 6.07 Å². The van der Waals surface area contributed by atoms with Gasteiger partial charge in [-0.1, -0.05) is 17.7 Å². The molecule has 0 aliphatic rings. The molecule has 0 saturated carbocycles. The van der Waals surface area contributed by atoms with Gasteiger partial charge in [0.15, 0.2) is 6.10 Å². The van der Waals surface area contributed by atoms with Crippen molar-refractivity contribution in [3.8, 4) is 6.07 Å². The second-order valence-corrected chi connectivity index (χ2v) is 3.67. The van der Waals surface area contributed by atoms with E-state index in [0.717, 1.165) is 7.11 Å². The lowest BCUT2D eigenvalue weighted by atomic mass is 10.0. The van der Waals surface area contributed by atoms with Crippen molar-refractivity contribution in [1.82, 2.24) is 0 Å². The highest BCUT2D eigenvalue weighted by atomic mass is 35.5. The van der Waals surface area contributed by atoms with Crippen LogP contribution in [0.2, 0.25) is 5.02 Å². The van der Waals surface area contributed by atoms with Gasteiger partial charge in [-0.15, -0.1) is 0 Å². The zero-order chi connectivity index (χ0) is 13.0. The van der Waals surface area contributed by atoms with E-state index in [2.05, 4.69) is 4.74 Å². The van der Waals surface area contributed by atoms with Gasteiger partial charge in [-0.05, 0) is 17.7 Å². The van der Waals surface area contributed by atoms with E-state index in [0.29, 0.717) is 0 Å². The van der Waals surface area contributed by atoms with Gasteiger partial charge >= 0.3 is 5.97 Å². The number of rotatable bonds is 3. The smallest absolute Gasteiger partial charge is 0.337 e. The summed E-state index contributed by atoms with van der Waals surface area (Å²) in [5.41, 5.74) is 0.365. The third kappa shape index (κ3) is 2.94. The molecule has 0 saturated heterocycles. The monoisotopic (exact) mass is 255 g/mol. The fourth-order valence-corrected chi connectivity index (χ4v) is 1.40. The van der Waals surface area contributed by atoms with Crippen LogP contribution in [0.1, 0.15) is 17.2 Å². The minimum absolute atomic E-state index is 0.153. The quantitative estimate of drug-likeness (QED) is 0.779. The van der Waals surface area contributed by atoms with Crippen molar-refractivity contribution in [2.24, 2.45) is 0 Å². The molecule has 17 heavy (non-hydrogen) atoms. The lowest BCUT2D eigenvalue weighted by molar-refractivity contribution is -0.156. The third-order valence-corrected chi connectivity index (χ3v) is 2.52. The summed E-state index contributed by atoms with van der Waals surface area (Å²) in [6.45, 7) is 0. The fourth-order valence-electron chi connectivity index (χ4n) is 1.24. The topological polar surface area (TPSA) is 90.6 Å². The number of aliphatic hydroxyl groups is 2. The first-order valence-corrected chi connectivity index (χ1v) is 5.02. The molecular weight excluding hydrogens is 246 g/mol. The van der Waals surface area contributed by atoms with Crippen molar-refractivity contribution in [2.75, 3.05) is 7.11 Å². The molecular formula is C11H10ClNO4. The molecule has 0 heterocycles. The molecule has 2 atom stereocenters. The summed E-state index contributed by atoms with van der Waals surface area (Å²) in [6.07, 6.45) is -3.17. The molecule has 2 N–H and O–H groups in total. The predicted molar refractivity (Wildman–Crippen MR) is 59.1 cm³/mol. The lowest BCUT2D eigenvalue weighted by Crippen LogP contribution is -2.29. The van der Waals surface area contributed by atoms with Crippen molar-refractivity contribution >= 4 is 17.6 Å². The lowest BCUT2D eigenvalue weighted by Gasteiger charge is -2.16. The molecule has 0 fully saturated rings. The molecule has 1 aromatic rings. The van der Waals surface area contributed by atoms with Gasteiger partial charge in [0.1, 0.15) is 12.2 Å². The van der Waals surface area contributed by atoms with Crippen molar-refractivity contribution in [3.63, 3.8) is 0 Å². The molecule has 0 aliphatic carbocycles. The molecule has 1 aromatic carbocycles. The van der Waals surface area contributed by atoms with Crippen molar-refractivity contribution in [1.29, 1.82) is 5.26 Å². The molecule has 5 nitrogen and oxygen atoms in total. The minimum Gasteiger partial charge on any atom is -0.467 e. The zero-order valence-electron chi connectivity index (χ0n) is 8.92. The number of nitrogens with zero attached hydrogens (tertiary/aromatic N) is 1. The van der Waals surface area contributed by atoms with Crippen molar-refractivity contribution in [2.45, 2.75) is 12.2 Å². The first-order chi connectivity index (χ1) is 8.01. The van der Waals surface area contributed by atoms with Crippen LogP contribution in [-0.2, 0) is 9.53 Å². The molecule has 1 rings (SSSR count). The molecule has 0 radical (unpaired) electrons. The molecule has 0 spiro atoms. The Bertz CT molecular complexity index is 469. The molecule has 2 unspecified atom stereocenters. The summed E-state index contributed by atoms with van der Waals surface area (Å²) < 4.78 is 4.29. The Morgan fingerprint density at radius 2 is 2.18 bits per heavy atom. The Morgan fingerprint density at radius 3 is 2.71 bits per heavy atom. The maximum Gasteiger partial charge on any atom is 0.337 e. The van der Waals surface area contributed by atoms with Gasteiger partial charge in [0.25, 0.3) is 0 Å². The van der Waals surface area contributed by atoms with Crippen molar-refractivity contribution < 1.29 is 19.7 Å². The average Bonchev–Trinajstić information content (AvgIpc) is 2.36. The van der Waals surface area contributed by atoms with Gasteiger partial charge in [-0.3, -0.25) is 0 Å². The SMILES string of the molecule is COC(=O)C(O)C(O)c1ccc(Cl)c(C#N)c1. The number of nitriles is 1. The molecule has 6 heteroatoms. The van der Waals surface area contributed by atoms with Gasteiger partial charge in [0.2, 0.25) is 0 Å². The summed E-state index contributed by atoms with van der Waals surface area (Å²) in [7, 11) is 1.10. The number of esters is 1. The first-order valence-electron chi connectivity index (χ1n) is 4.64. The summed E-state index contributed by atoms with van der Waals surface area (Å²) in [5, 5.41) is 28.1. The number of hydrogen-bond acceptors (Lipinski definition) is 5. The number of ether oxygens (including phenoxy) is 1. The van der Waals surface area contributed by atoms with E-state index in [-0.39, 0.29) is 16.1 Å². The largest absolute Gasteiger partial charge is 0.467 e. The Morgan fingerprint density at radius 1 is 1.53 bits per heavy atom. The van der Waals surface area contributed by atoms with Crippen LogP contribution in [0.15, 0.2) is 18.2 Å². The second kappa shape index (κ2) is 5.64. The Labute approximate surface area is 103 Å². The number of carbonyl (C=O) groups is 1.